The Labute approximate surface area is 184 Å². The molecular formula is C23H17F3N2O3S. The number of hydrogen-bond donors (Lipinski definition) is 1. The van der Waals surface area contributed by atoms with E-state index in [2.05, 4.69) is 15.0 Å². The highest BCUT2D eigenvalue weighted by atomic mass is 32.2. The van der Waals surface area contributed by atoms with Gasteiger partial charge in [-0.3, -0.25) is 9.78 Å². The molecule has 2 aromatic heterocycles. The van der Waals surface area contributed by atoms with Crippen LogP contribution in [0.5, 0.6) is 5.75 Å². The highest BCUT2D eigenvalue weighted by molar-refractivity contribution is 7.99. The monoisotopic (exact) mass is 458 g/mol. The number of halogens is 3. The molecule has 32 heavy (non-hydrogen) atoms. The number of aromatic nitrogens is 1. The summed E-state index contributed by atoms with van der Waals surface area (Å²) in [5.74, 6) is 0.122. The normalized spacial score (nSPS) is 14.1. The van der Waals surface area contributed by atoms with Gasteiger partial charge < -0.3 is 14.5 Å². The fourth-order valence-corrected chi connectivity index (χ4v) is 4.51. The third-order valence-corrected chi connectivity index (χ3v) is 6.18. The van der Waals surface area contributed by atoms with Crippen LogP contribution in [0.25, 0.3) is 21.9 Å². The molecule has 0 spiro atoms. The Morgan fingerprint density at radius 3 is 2.69 bits per heavy atom. The molecule has 5 nitrogen and oxygen atoms in total. The third kappa shape index (κ3) is 4.25. The van der Waals surface area contributed by atoms with Gasteiger partial charge in [0.1, 0.15) is 17.1 Å². The highest BCUT2D eigenvalue weighted by Gasteiger charge is 2.31. The van der Waals surface area contributed by atoms with Gasteiger partial charge in [0.2, 0.25) is 0 Å². The second kappa shape index (κ2) is 7.74. The Hall–Kier alpha value is -3.20. The SMILES string of the molecule is Cc1oc2cc(Sc3ccnc4cc(OC(F)(F)F)ccc34)ccc2c1C(=O)NC1CC1. The van der Waals surface area contributed by atoms with Crippen LogP contribution < -0.4 is 10.1 Å². The van der Waals surface area contributed by atoms with Crippen molar-refractivity contribution in [3.05, 3.63) is 60.0 Å². The minimum Gasteiger partial charge on any atom is -0.460 e. The molecule has 1 N–H and O–H groups in total. The average molecular weight is 458 g/mol. The number of pyridine rings is 1. The molecule has 0 bridgehead atoms. The molecule has 1 fully saturated rings. The summed E-state index contributed by atoms with van der Waals surface area (Å²) >= 11 is 1.43. The molecule has 0 radical (unpaired) electrons. The molecule has 2 heterocycles. The lowest BCUT2D eigenvalue weighted by Gasteiger charge is -2.10. The first-order valence-electron chi connectivity index (χ1n) is 9.93. The van der Waals surface area contributed by atoms with Gasteiger partial charge in [0.05, 0.1) is 11.1 Å². The number of fused-ring (bicyclic) bond motifs is 2. The molecule has 0 unspecified atom stereocenters. The molecule has 9 heteroatoms. The van der Waals surface area contributed by atoms with Gasteiger partial charge in [-0.2, -0.15) is 0 Å². The first-order valence-corrected chi connectivity index (χ1v) is 10.7. The van der Waals surface area contributed by atoms with E-state index >= 15 is 0 Å². The molecule has 1 amide bonds. The third-order valence-electron chi connectivity index (χ3n) is 5.11. The number of ether oxygens (including phenoxy) is 1. The van der Waals surface area contributed by atoms with E-state index in [0.717, 1.165) is 28.0 Å². The number of hydrogen-bond acceptors (Lipinski definition) is 5. The average Bonchev–Trinajstić information content (AvgIpc) is 3.46. The number of carbonyl (C=O) groups excluding carboxylic acids is 1. The van der Waals surface area contributed by atoms with E-state index < -0.39 is 6.36 Å². The van der Waals surface area contributed by atoms with Crippen molar-refractivity contribution < 1.29 is 27.1 Å². The van der Waals surface area contributed by atoms with E-state index in [9.17, 15) is 18.0 Å². The van der Waals surface area contributed by atoms with Crippen molar-refractivity contribution in [2.45, 2.75) is 42.0 Å². The summed E-state index contributed by atoms with van der Waals surface area (Å²) in [4.78, 5) is 18.4. The highest BCUT2D eigenvalue weighted by Crippen LogP contribution is 2.37. The molecule has 5 rings (SSSR count). The van der Waals surface area contributed by atoms with Gasteiger partial charge in [-0.25, -0.2) is 0 Å². The van der Waals surface area contributed by atoms with E-state index in [1.165, 1.54) is 30.1 Å². The number of carbonyl (C=O) groups is 1. The van der Waals surface area contributed by atoms with Gasteiger partial charge in [-0.05, 0) is 56.2 Å². The largest absolute Gasteiger partial charge is 0.573 e. The zero-order chi connectivity index (χ0) is 22.5. The van der Waals surface area contributed by atoms with Crippen LogP contribution in [0, 0.1) is 6.92 Å². The van der Waals surface area contributed by atoms with Crippen molar-refractivity contribution in [2.75, 3.05) is 0 Å². The summed E-state index contributed by atoms with van der Waals surface area (Å²) in [6.45, 7) is 1.77. The fraction of sp³-hybridized carbons (Fsp3) is 0.217. The van der Waals surface area contributed by atoms with Crippen molar-refractivity contribution >= 4 is 39.5 Å². The van der Waals surface area contributed by atoms with Crippen molar-refractivity contribution in [3.63, 3.8) is 0 Å². The molecule has 0 atom stereocenters. The van der Waals surface area contributed by atoms with Crippen LogP contribution in [0.4, 0.5) is 13.2 Å². The molecule has 0 saturated heterocycles. The predicted molar refractivity (Wildman–Crippen MR) is 114 cm³/mol. The van der Waals surface area contributed by atoms with Crippen molar-refractivity contribution in [1.29, 1.82) is 0 Å². The van der Waals surface area contributed by atoms with E-state index in [0.29, 0.717) is 27.8 Å². The Kier molecular flexibility index (Phi) is 5.00. The summed E-state index contributed by atoms with van der Waals surface area (Å²) in [5.41, 5.74) is 1.55. The molecule has 2 aromatic carbocycles. The molecule has 4 aromatic rings. The molecule has 1 saturated carbocycles. The Balaban J connectivity index is 1.44. The van der Waals surface area contributed by atoms with E-state index in [1.807, 2.05) is 18.2 Å². The lowest BCUT2D eigenvalue weighted by molar-refractivity contribution is -0.274. The number of alkyl halides is 3. The second-order valence-electron chi connectivity index (χ2n) is 7.58. The van der Waals surface area contributed by atoms with Crippen LogP contribution in [0.2, 0.25) is 0 Å². The van der Waals surface area contributed by atoms with Gasteiger partial charge in [0.15, 0.2) is 0 Å². The first kappa shape index (κ1) is 20.7. The maximum absolute atomic E-state index is 12.6. The minimum absolute atomic E-state index is 0.124. The number of nitrogens with zero attached hydrogens (tertiary/aromatic N) is 1. The van der Waals surface area contributed by atoms with Crippen LogP contribution in [0.3, 0.4) is 0 Å². The standard InChI is InChI=1S/C23H17F3N2O3S/c1-12-21(22(29)28-13-2-3-13)17-7-5-15(11-19(17)30-12)32-20-8-9-27-18-10-14(4-6-16(18)20)31-23(24,25)26/h4-11,13H,2-3H2,1H3,(H,28,29). The number of nitrogens with one attached hydrogen (secondary N) is 1. The summed E-state index contributed by atoms with van der Waals surface area (Å²) in [6.07, 6.45) is -1.21. The molecule has 164 valence electrons. The van der Waals surface area contributed by atoms with Crippen molar-refractivity contribution in [1.82, 2.24) is 10.3 Å². The van der Waals surface area contributed by atoms with E-state index in [4.69, 9.17) is 4.42 Å². The Bertz CT molecular complexity index is 1350. The van der Waals surface area contributed by atoms with Crippen LogP contribution >= 0.6 is 11.8 Å². The summed E-state index contributed by atoms with van der Waals surface area (Å²) in [7, 11) is 0. The van der Waals surface area contributed by atoms with Gasteiger partial charge in [0.25, 0.3) is 5.91 Å². The summed E-state index contributed by atoms with van der Waals surface area (Å²) in [5, 5.41) is 4.44. The number of aryl methyl sites for hydroxylation is 1. The number of rotatable bonds is 5. The maximum atomic E-state index is 12.6. The fourth-order valence-electron chi connectivity index (χ4n) is 3.54. The first-order chi connectivity index (χ1) is 15.3. The van der Waals surface area contributed by atoms with Crippen molar-refractivity contribution in [3.8, 4) is 5.75 Å². The molecule has 1 aliphatic carbocycles. The second-order valence-corrected chi connectivity index (χ2v) is 8.69. The van der Waals surface area contributed by atoms with Gasteiger partial charge >= 0.3 is 6.36 Å². The Morgan fingerprint density at radius 1 is 1.16 bits per heavy atom. The smallest absolute Gasteiger partial charge is 0.460 e. The van der Waals surface area contributed by atoms with Gasteiger partial charge in [0, 0.05) is 38.9 Å². The molecular weight excluding hydrogens is 441 g/mol. The Morgan fingerprint density at radius 2 is 1.94 bits per heavy atom. The lowest BCUT2D eigenvalue weighted by Crippen LogP contribution is -2.25. The topological polar surface area (TPSA) is 64.4 Å². The van der Waals surface area contributed by atoms with Gasteiger partial charge in [-0.1, -0.05) is 11.8 Å². The van der Waals surface area contributed by atoms with E-state index in [1.54, 1.807) is 19.1 Å². The van der Waals surface area contributed by atoms with Crippen LogP contribution in [0.1, 0.15) is 29.0 Å². The molecule has 1 aliphatic rings. The van der Waals surface area contributed by atoms with Crippen LogP contribution in [0.15, 0.2) is 62.9 Å². The van der Waals surface area contributed by atoms with Crippen LogP contribution in [-0.4, -0.2) is 23.3 Å². The van der Waals surface area contributed by atoms with Crippen molar-refractivity contribution in [2.24, 2.45) is 0 Å². The zero-order valence-electron chi connectivity index (χ0n) is 16.8. The quantitative estimate of drug-likeness (QED) is 0.384. The summed E-state index contributed by atoms with van der Waals surface area (Å²) < 4.78 is 47.3. The predicted octanol–water partition coefficient (Wildman–Crippen LogP) is 6.23. The maximum Gasteiger partial charge on any atom is 0.573 e. The zero-order valence-corrected chi connectivity index (χ0v) is 17.6. The number of furan rings is 1. The number of benzene rings is 2. The minimum atomic E-state index is -4.76. The van der Waals surface area contributed by atoms with Crippen LogP contribution in [-0.2, 0) is 0 Å². The lowest BCUT2D eigenvalue weighted by atomic mass is 10.1. The number of amides is 1. The summed E-state index contributed by atoms with van der Waals surface area (Å²) in [6, 6.07) is 11.7. The molecule has 0 aliphatic heterocycles. The van der Waals surface area contributed by atoms with E-state index in [-0.39, 0.29) is 17.7 Å². The van der Waals surface area contributed by atoms with Gasteiger partial charge in [-0.15, -0.1) is 13.2 Å².